The number of nitrogens with two attached hydrogens (primary N) is 1. The fourth-order valence-electron chi connectivity index (χ4n) is 1.40. The van der Waals surface area contributed by atoms with Crippen molar-refractivity contribution in [2.45, 2.75) is 20.3 Å². The maximum atomic E-state index is 11.8. The maximum Gasteiger partial charge on any atom is 0.263 e. The lowest BCUT2D eigenvalue weighted by Gasteiger charge is -2.03. The van der Waals surface area contributed by atoms with Crippen LogP contribution in [0.2, 0.25) is 0 Å². The van der Waals surface area contributed by atoms with Crippen LogP contribution >= 0.6 is 11.3 Å². The average Bonchev–Trinajstić information content (AvgIpc) is 2.63. The van der Waals surface area contributed by atoms with E-state index >= 15 is 0 Å². The third-order valence-electron chi connectivity index (χ3n) is 2.18. The first kappa shape index (κ1) is 13.6. The molecule has 0 aliphatic heterocycles. The minimum absolute atomic E-state index is 0.142. The molecule has 0 aliphatic rings. The van der Waals surface area contributed by atoms with Gasteiger partial charge in [0.15, 0.2) is 5.75 Å². The minimum Gasteiger partial charge on any atom is -0.492 e. The fraction of sp³-hybridized carbons (Fsp3) is 0.545. The zero-order valence-corrected chi connectivity index (χ0v) is 11.2. The van der Waals surface area contributed by atoms with Crippen LogP contribution in [0.15, 0.2) is 0 Å². The normalized spacial score (nSPS) is 10.1. The van der Waals surface area contributed by atoms with E-state index in [2.05, 4.69) is 10.6 Å². The van der Waals surface area contributed by atoms with E-state index in [1.807, 2.05) is 13.8 Å². The molecule has 96 valence electrons. The third kappa shape index (κ3) is 3.03. The summed E-state index contributed by atoms with van der Waals surface area (Å²) >= 11 is 1.32. The Morgan fingerprint density at radius 1 is 1.47 bits per heavy atom. The van der Waals surface area contributed by atoms with Crippen molar-refractivity contribution in [1.29, 1.82) is 0 Å². The predicted molar refractivity (Wildman–Crippen MR) is 72.1 cm³/mol. The molecule has 4 N–H and O–H groups in total. The molecule has 1 heterocycles. The summed E-state index contributed by atoms with van der Waals surface area (Å²) in [5.74, 6) is 0.412. The van der Waals surface area contributed by atoms with Gasteiger partial charge in [0.1, 0.15) is 15.6 Å². The summed E-state index contributed by atoms with van der Waals surface area (Å²) in [4.78, 5) is 12.4. The van der Waals surface area contributed by atoms with Crippen LogP contribution in [0.3, 0.4) is 0 Å². The lowest BCUT2D eigenvalue weighted by atomic mass is 10.3. The zero-order valence-electron chi connectivity index (χ0n) is 10.4. The van der Waals surface area contributed by atoms with E-state index in [1.165, 1.54) is 11.3 Å². The molecule has 0 bridgehead atoms. The third-order valence-corrected chi connectivity index (χ3v) is 3.33. The number of rotatable bonds is 6. The van der Waals surface area contributed by atoms with Gasteiger partial charge in [0, 0.05) is 13.1 Å². The molecule has 0 aromatic carbocycles. The maximum absolute atomic E-state index is 11.8. The number of nitrogen functional groups attached to an aromatic ring is 1. The van der Waals surface area contributed by atoms with Crippen LogP contribution < -0.4 is 21.1 Å². The summed E-state index contributed by atoms with van der Waals surface area (Å²) in [6, 6.07) is 0. The Bertz CT molecular complexity index is 390. The Morgan fingerprint density at radius 3 is 2.71 bits per heavy atom. The number of hydrogen-bond acceptors (Lipinski definition) is 5. The van der Waals surface area contributed by atoms with E-state index in [0.717, 1.165) is 18.0 Å². The highest BCUT2D eigenvalue weighted by atomic mass is 32.1. The average molecular weight is 257 g/mol. The van der Waals surface area contributed by atoms with Crippen LogP contribution in [-0.2, 0) is 0 Å². The fourth-order valence-corrected chi connectivity index (χ4v) is 2.47. The van der Waals surface area contributed by atoms with E-state index in [9.17, 15) is 4.79 Å². The number of carbonyl (C=O) groups excluding carboxylic acids is 1. The van der Waals surface area contributed by atoms with Gasteiger partial charge in [-0.3, -0.25) is 4.79 Å². The van der Waals surface area contributed by atoms with E-state index < -0.39 is 0 Å². The van der Waals surface area contributed by atoms with E-state index in [0.29, 0.717) is 22.9 Å². The highest BCUT2D eigenvalue weighted by Crippen LogP contribution is 2.42. The first-order valence-corrected chi connectivity index (χ1v) is 6.45. The van der Waals surface area contributed by atoms with Crippen LogP contribution in [0.5, 0.6) is 5.75 Å². The second-order valence-electron chi connectivity index (χ2n) is 3.49. The van der Waals surface area contributed by atoms with E-state index in [4.69, 9.17) is 10.5 Å². The number of ether oxygens (including phenoxy) is 1. The molecule has 1 aromatic heterocycles. The number of carbonyl (C=O) groups is 1. The molecule has 1 aromatic rings. The van der Waals surface area contributed by atoms with E-state index in [1.54, 1.807) is 7.11 Å². The molecular weight excluding hydrogens is 238 g/mol. The topological polar surface area (TPSA) is 76.4 Å². The van der Waals surface area contributed by atoms with Gasteiger partial charge in [-0.2, -0.15) is 0 Å². The summed E-state index contributed by atoms with van der Waals surface area (Å²) in [7, 11) is 1.55. The lowest BCUT2D eigenvalue weighted by molar-refractivity contribution is 0.0958. The number of hydrogen-bond donors (Lipinski definition) is 3. The molecule has 0 atom stereocenters. The van der Waals surface area contributed by atoms with Crippen LogP contribution in [0.4, 0.5) is 10.7 Å². The number of nitrogens with one attached hydrogen (secondary N) is 2. The number of thiophene rings is 1. The van der Waals surface area contributed by atoms with Crippen molar-refractivity contribution in [2.24, 2.45) is 0 Å². The molecule has 0 fully saturated rings. The van der Waals surface area contributed by atoms with Crippen molar-refractivity contribution >= 4 is 27.9 Å². The molecule has 0 radical (unpaired) electrons. The Hall–Kier alpha value is -1.43. The van der Waals surface area contributed by atoms with Gasteiger partial charge in [0.2, 0.25) is 0 Å². The van der Waals surface area contributed by atoms with Crippen LogP contribution in [0.25, 0.3) is 0 Å². The van der Waals surface area contributed by atoms with Crippen molar-refractivity contribution in [3.8, 4) is 5.75 Å². The highest BCUT2D eigenvalue weighted by molar-refractivity contribution is 7.19. The minimum atomic E-state index is -0.142. The molecule has 0 aliphatic carbocycles. The van der Waals surface area contributed by atoms with E-state index in [-0.39, 0.29) is 5.91 Å². The van der Waals surface area contributed by atoms with Crippen molar-refractivity contribution in [3.63, 3.8) is 0 Å². The Morgan fingerprint density at radius 2 is 2.18 bits per heavy atom. The molecule has 6 heteroatoms. The standard InChI is InChI=1S/C11H19N3O2S/c1-4-6-14-10(15)9-7(12)8(16-3)11(17-9)13-5-2/h13H,4-6,12H2,1-3H3,(H,14,15). The summed E-state index contributed by atoms with van der Waals surface area (Å²) in [6.45, 7) is 5.39. The molecule has 5 nitrogen and oxygen atoms in total. The quantitative estimate of drug-likeness (QED) is 0.727. The van der Waals surface area contributed by atoms with Crippen molar-refractivity contribution in [2.75, 3.05) is 31.2 Å². The van der Waals surface area contributed by atoms with Crippen LogP contribution in [0.1, 0.15) is 29.9 Å². The molecule has 0 spiro atoms. The Kier molecular flexibility index (Phi) is 5.09. The van der Waals surface area contributed by atoms with Crippen LogP contribution in [0, 0.1) is 0 Å². The zero-order chi connectivity index (χ0) is 12.8. The first-order chi connectivity index (χ1) is 8.15. The number of anilines is 2. The van der Waals surface area contributed by atoms with Gasteiger partial charge in [0.25, 0.3) is 5.91 Å². The molecule has 1 rings (SSSR count). The number of amides is 1. The summed E-state index contributed by atoms with van der Waals surface area (Å²) in [6.07, 6.45) is 0.897. The molecule has 17 heavy (non-hydrogen) atoms. The molecule has 0 unspecified atom stereocenters. The smallest absolute Gasteiger partial charge is 0.263 e. The van der Waals surface area contributed by atoms with Gasteiger partial charge in [-0.25, -0.2) is 0 Å². The summed E-state index contributed by atoms with van der Waals surface area (Å²) < 4.78 is 5.21. The van der Waals surface area contributed by atoms with Crippen LogP contribution in [-0.4, -0.2) is 26.1 Å². The van der Waals surface area contributed by atoms with Gasteiger partial charge in [0.05, 0.1) is 7.11 Å². The molecule has 0 saturated heterocycles. The monoisotopic (exact) mass is 257 g/mol. The van der Waals surface area contributed by atoms with Crippen molar-refractivity contribution in [1.82, 2.24) is 5.32 Å². The molecule has 0 saturated carbocycles. The number of methoxy groups -OCH3 is 1. The van der Waals surface area contributed by atoms with Crippen molar-refractivity contribution in [3.05, 3.63) is 4.88 Å². The summed E-state index contributed by atoms with van der Waals surface area (Å²) in [5, 5.41) is 6.74. The van der Waals surface area contributed by atoms with Gasteiger partial charge in [-0.1, -0.05) is 6.92 Å². The summed E-state index contributed by atoms with van der Waals surface area (Å²) in [5.41, 5.74) is 6.31. The molecule has 1 amide bonds. The van der Waals surface area contributed by atoms with Gasteiger partial charge in [-0.15, -0.1) is 11.3 Å². The SMILES string of the molecule is CCCNC(=O)c1sc(NCC)c(OC)c1N. The second kappa shape index (κ2) is 6.34. The van der Waals surface area contributed by atoms with Gasteiger partial charge in [-0.05, 0) is 13.3 Å². The predicted octanol–water partition coefficient (Wildman–Crippen LogP) is 1.91. The lowest BCUT2D eigenvalue weighted by Crippen LogP contribution is -2.23. The highest BCUT2D eigenvalue weighted by Gasteiger charge is 2.21. The first-order valence-electron chi connectivity index (χ1n) is 5.63. The van der Waals surface area contributed by atoms with Crippen molar-refractivity contribution < 1.29 is 9.53 Å². The largest absolute Gasteiger partial charge is 0.492 e. The Labute approximate surface area is 105 Å². The van der Waals surface area contributed by atoms with Gasteiger partial charge < -0.3 is 21.1 Å². The second-order valence-corrected chi connectivity index (χ2v) is 4.51. The Balaban J connectivity index is 2.96. The van der Waals surface area contributed by atoms with Gasteiger partial charge >= 0.3 is 0 Å². The molecular formula is C11H19N3O2S.